The minimum Gasteiger partial charge on any atom is -0.480 e. The van der Waals surface area contributed by atoms with Crippen molar-refractivity contribution in [1.29, 1.82) is 0 Å². The van der Waals surface area contributed by atoms with Gasteiger partial charge in [0.05, 0.1) is 12.7 Å². The highest BCUT2D eigenvalue weighted by Crippen LogP contribution is 2.24. The molecule has 1 N–H and O–H groups in total. The molecule has 0 fully saturated rings. The molecule has 78 valence electrons. The van der Waals surface area contributed by atoms with Crippen LogP contribution in [0.2, 0.25) is 0 Å². The van der Waals surface area contributed by atoms with Crippen molar-refractivity contribution in [1.82, 2.24) is 0 Å². The molecule has 0 spiro atoms. The van der Waals surface area contributed by atoms with Gasteiger partial charge in [0.15, 0.2) is 0 Å². The zero-order valence-electron chi connectivity index (χ0n) is 8.66. The summed E-state index contributed by atoms with van der Waals surface area (Å²) in [6.07, 6.45) is 0.216. The van der Waals surface area contributed by atoms with Crippen LogP contribution < -0.4 is 0 Å². The van der Waals surface area contributed by atoms with Crippen molar-refractivity contribution in [2.45, 2.75) is 38.5 Å². The molecule has 0 aliphatic heterocycles. The molecule has 0 saturated heterocycles. The molecule has 13 heavy (non-hydrogen) atoms. The number of ether oxygens (including phenoxy) is 1. The maximum Gasteiger partial charge on any atom is 0.319 e. The summed E-state index contributed by atoms with van der Waals surface area (Å²) < 4.78 is 4.60. The molecule has 0 heterocycles. The summed E-state index contributed by atoms with van der Waals surface area (Å²) in [5.41, 5.74) is 0. The fraction of sp³-hybridized carbons (Fsp3) is 0.889. The fourth-order valence-corrected chi connectivity index (χ4v) is 1.46. The van der Waals surface area contributed by atoms with Crippen LogP contribution in [0, 0.1) is 0 Å². The summed E-state index contributed by atoms with van der Waals surface area (Å²) in [7, 11) is 0. The number of thioether (sulfide) groups is 1. The van der Waals surface area contributed by atoms with Gasteiger partial charge in [-0.05, 0) is 27.7 Å². The minimum atomic E-state index is -0.776. The molecule has 0 radical (unpaired) electrons. The van der Waals surface area contributed by atoms with Crippen LogP contribution in [-0.2, 0) is 9.53 Å². The van der Waals surface area contributed by atoms with Crippen LogP contribution in [-0.4, -0.2) is 34.3 Å². The highest BCUT2D eigenvalue weighted by atomic mass is 32.2. The topological polar surface area (TPSA) is 46.5 Å². The molecule has 0 saturated carbocycles. The third-order valence-electron chi connectivity index (χ3n) is 1.51. The van der Waals surface area contributed by atoms with Crippen molar-refractivity contribution in [3.05, 3.63) is 0 Å². The van der Waals surface area contributed by atoms with Gasteiger partial charge >= 0.3 is 5.97 Å². The first kappa shape index (κ1) is 12.8. The molecule has 0 rings (SSSR count). The van der Waals surface area contributed by atoms with Gasteiger partial charge in [0.2, 0.25) is 0 Å². The van der Waals surface area contributed by atoms with E-state index in [0.717, 1.165) is 5.75 Å². The van der Waals surface area contributed by atoms with Crippen LogP contribution >= 0.6 is 11.8 Å². The van der Waals surface area contributed by atoms with Crippen molar-refractivity contribution >= 4 is 17.7 Å². The van der Waals surface area contributed by atoms with Crippen molar-refractivity contribution in [3.8, 4) is 0 Å². The lowest BCUT2D eigenvalue weighted by molar-refractivity contribution is -0.138. The third-order valence-corrected chi connectivity index (χ3v) is 2.78. The van der Waals surface area contributed by atoms with Crippen LogP contribution in [0.4, 0.5) is 0 Å². The molecule has 0 aliphatic rings. The summed E-state index contributed by atoms with van der Waals surface area (Å²) in [5, 5.41) is 8.79. The standard InChI is InChI=1S/C9H18O3S/c1-7(2)12-5-6-13-9(3,4)8(10)11/h7H,5-6H2,1-4H3,(H,10,11). The SMILES string of the molecule is CC(C)OCCSC(C)(C)C(=O)O. The molecule has 0 amide bonds. The number of aliphatic carboxylic acids is 1. The van der Waals surface area contributed by atoms with E-state index in [0.29, 0.717) is 6.61 Å². The first-order chi connectivity index (χ1) is 5.86. The Morgan fingerprint density at radius 1 is 1.54 bits per heavy atom. The van der Waals surface area contributed by atoms with Crippen LogP contribution in [0.5, 0.6) is 0 Å². The Balaban J connectivity index is 3.58. The zero-order chi connectivity index (χ0) is 10.5. The number of hydrogen-bond donors (Lipinski definition) is 1. The van der Waals surface area contributed by atoms with E-state index in [1.807, 2.05) is 13.8 Å². The zero-order valence-corrected chi connectivity index (χ0v) is 9.48. The average molecular weight is 206 g/mol. The second kappa shape index (κ2) is 5.50. The molecule has 0 bridgehead atoms. The molecule has 0 aliphatic carbocycles. The highest BCUT2D eigenvalue weighted by Gasteiger charge is 2.26. The predicted molar refractivity (Wildman–Crippen MR) is 55.3 cm³/mol. The fourth-order valence-electron chi connectivity index (χ4n) is 0.642. The Bertz CT molecular complexity index is 166. The maximum absolute atomic E-state index is 10.7. The Hall–Kier alpha value is -0.220. The quantitative estimate of drug-likeness (QED) is 0.675. The summed E-state index contributed by atoms with van der Waals surface area (Å²) in [5.74, 6) is -0.0562. The van der Waals surface area contributed by atoms with Crippen molar-refractivity contribution in [3.63, 3.8) is 0 Å². The normalized spacial score (nSPS) is 12.1. The van der Waals surface area contributed by atoms with Crippen molar-refractivity contribution < 1.29 is 14.6 Å². The third kappa shape index (κ3) is 5.93. The maximum atomic E-state index is 10.7. The Morgan fingerprint density at radius 2 is 2.08 bits per heavy atom. The smallest absolute Gasteiger partial charge is 0.319 e. The molecule has 0 unspecified atom stereocenters. The van der Waals surface area contributed by atoms with Crippen LogP contribution in [0.25, 0.3) is 0 Å². The van der Waals surface area contributed by atoms with E-state index in [2.05, 4.69) is 0 Å². The molecule has 0 aromatic carbocycles. The van der Waals surface area contributed by atoms with E-state index < -0.39 is 10.7 Å². The number of hydrogen-bond acceptors (Lipinski definition) is 3. The van der Waals surface area contributed by atoms with Gasteiger partial charge in [0.1, 0.15) is 4.75 Å². The molecule has 0 aromatic rings. The van der Waals surface area contributed by atoms with Gasteiger partial charge in [-0.1, -0.05) is 0 Å². The first-order valence-corrected chi connectivity index (χ1v) is 5.34. The van der Waals surface area contributed by atoms with E-state index in [1.165, 1.54) is 11.8 Å². The number of carboxylic acid groups (broad SMARTS) is 1. The van der Waals surface area contributed by atoms with E-state index in [1.54, 1.807) is 13.8 Å². The molecule has 3 nitrogen and oxygen atoms in total. The van der Waals surface area contributed by atoms with Crippen molar-refractivity contribution in [2.24, 2.45) is 0 Å². The lowest BCUT2D eigenvalue weighted by Gasteiger charge is -2.18. The highest BCUT2D eigenvalue weighted by molar-refractivity contribution is 8.01. The van der Waals surface area contributed by atoms with Gasteiger partial charge in [0, 0.05) is 5.75 Å². The average Bonchev–Trinajstić information content (AvgIpc) is 1.97. The summed E-state index contributed by atoms with van der Waals surface area (Å²) >= 11 is 1.40. The molecule has 4 heteroatoms. The second-order valence-electron chi connectivity index (χ2n) is 3.58. The number of rotatable bonds is 6. The first-order valence-electron chi connectivity index (χ1n) is 4.35. The number of carbonyl (C=O) groups is 1. The van der Waals surface area contributed by atoms with E-state index in [9.17, 15) is 4.79 Å². The monoisotopic (exact) mass is 206 g/mol. The van der Waals surface area contributed by atoms with Crippen LogP contribution in [0.1, 0.15) is 27.7 Å². The summed E-state index contributed by atoms with van der Waals surface area (Å²) in [6.45, 7) is 7.95. The lowest BCUT2D eigenvalue weighted by atomic mass is 10.2. The van der Waals surface area contributed by atoms with Crippen molar-refractivity contribution in [2.75, 3.05) is 12.4 Å². The Kier molecular flexibility index (Phi) is 5.40. The summed E-state index contributed by atoms with van der Waals surface area (Å²) in [4.78, 5) is 10.7. The molecular weight excluding hydrogens is 188 g/mol. The van der Waals surface area contributed by atoms with Gasteiger partial charge in [-0.15, -0.1) is 11.8 Å². The van der Waals surface area contributed by atoms with Gasteiger partial charge in [-0.25, -0.2) is 0 Å². The Labute approximate surface area is 83.9 Å². The van der Waals surface area contributed by atoms with Gasteiger partial charge in [-0.2, -0.15) is 0 Å². The van der Waals surface area contributed by atoms with E-state index in [4.69, 9.17) is 9.84 Å². The van der Waals surface area contributed by atoms with Gasteiger partial charge < -0.3 is 9.84 Å². The van der Waals surface area contributed by atoms with Crippen LogP contribution in [0.3, 0.4) is 0 Å². The van der Waals surface area contributed by atoms with Crippen LogP contribution in [0.15, 0.2) is 0 Å². The second-order valence-corrected chi connectivity index (χ2v) is 5.30. The van der Waals surface area contributed by atoms with E-state index >= 15 is 0 Å². The predicted octanol–water partition coefficient (Wildman–Crippen LogP) is 2.01. The van der Waals surface area contributed by atoms with E-state index in [-0.39, 0.29) is 6.10 Å². The van der Waals surface area contributed by atoms with Gasteiger partial charge in [0.25, 0.3) is 0 Å². The minimum absolute atomic E-state index is 0.216. The molecular formula is C9H18O3S. The van der Waals surface area contributed by atoms with Gasteiger partial charge in [-0.3, -0.25) is 4.79 Å². The molecule has 0 atom stereocenters. The largest absolute Gasteiger partial charge is 0.480 e. The molecule has 0 aromatic heterocycles. The Morgan fingerprint density at radius 3 is 2.46 bits per heavy atom. The lowest BCUT2D eigenvalue weighted by Crippen LogP contribution is -2.28. The summed E-state index contributed by atoms with van der Waals surface area (Å²) in [6, 6.07) is 0. The number of carboxylic acids is 1.